The van der Waals surface area contributed by atoms with Gasteiger partial charge in [-0.25, -0.2) is 9.38 Å². The van der Waals surface area contributed by atoms with Gasteiger partial charge in [-0.3, -0.25) is 9.36 Å². The van der Waals surface area contributed by atoms with Crippen molar-refractivity contribution in [2.75, 3.05) is 13.7 Å². The van der Waals surface area contributed by atoms with Gasteiger partial charge in [0.1, 0.15) is 24.1 Å². The molecule has 1 saturated heterocycles. The lowest BCUT2D eigenvalue weighted by Crippen LogP contribution is -2.33. The number of aliphatic hydroxyl groups excluding tert-OH is 3. The number of methoxy groups -OCH3 is 1. The fourth-order valence-electron chi connectivity index (χ4n) is 4.79. The SMILES string of the molecule is COc1ccc(-c2cn3c(=O)c4ncn([C@@H]5O[C@H](CO)[C@@H](O)[C@H]5O)c4nc3n2Cc2ccccc2)cc1. The zero-order chi connectivity index (χ0) is 25.7. The van der Waals surface area contributed by atoms with E-state index in [1.807, 2.05) is 59.2 Å². The van der Waals surface area contributed by atoms with Crippen molar-refractivity contribution in [1.29, 1.82) is 0 Å². The van der Waals surface area contributed by atoms with Crippen LogP contribution in [0.5, 0.6) is 5.75 Å². The maximum absolute atomic E-state index is 13.6. The average molecular weight is 504 g/mol. The third-order valence-corrected chi connectivity index (χ3v) is 6.75. The Morgan fingerprint density at radius 3 is 2.49 bits per heavy atom. The van der Waals surface area contributed by atoms with Crippen LogP contribution >= 0.6 is 0 Å². The van der Waals surface area contributed by atoms with Gasteiger partial charge in [0.25, 0.3) is 5.56 Å². The summed E-state index contributed by atoms with van der Waals surface area (Å²) in [6, 6.07) is 17.3. The van der Waals surface area contributed by atoms with Gasteiger partial charge in [-0.1, -0.05) is 30.3 Å². The third kappa shape index (κ3) is 3.80. The second-order valence-corrected chi connectivity index (χ2v) is 8.95. The highest BCUT2D eigenvalue weighted by Crippen LogP contribution is 2.32. The molecule has 0 saturated carbocycles. The standard InChI is InChI=1S/C26H25N5O6/c1-36-17-9-7-16(8-10-17)18-12-30-24(35)20-23(28-26(30)29(18)11-15-5-3-2-4-6-15)31(14-27-20)25-22(34)21(33)19(13-32)37-25/h2-10,12,14,19,21-22,25,32-34H,11,13H2,1H3/t19-,21-,22-,25-/m1/s1. The fourth-order valence-corrected chi connectivity index (χ4v) is 4.79. The summed E-state index contributed by atoms with van der Waals surface area (Å²) in [7, 11) is 1.60. The molecule has 4 atom stereocenters. The lowest BCUT2D eigenvalue weighted by atomic mass is 10.1. The van der Waals surface area contributed by atoms with Crippen LogP contribution in [0.3, 0.4) is 0 Å². The molecule has 0 radical (unpaired) electrons. The summed E-state index contributed by atoms with van der Waals surface area (Å²) in [4.78, 5) is 22.6. The number of benzene rings is 2. The number of hydrogen-bond acceptors (Lipinski definition) is 8. The van der Waals surface area contributed by atoms with Crippen molar-refractivity contribution in [3.05, 3.63) is 83.0 Å². The summed E-state index contributed by atoms with van der Waals surface area (Å²) in [5, 5.41) is 30.3. The van der Waals surface area contributed by atoms with Crippen molar-refractivity contribution in [3.8, 4) is 17.0 Å². The van der Waals surface area contributed by atoms with Crippen molar-refractivity contribution in [2.24, 2.45) is 0 Å². The largest absolute Gasteiger partial charge is 0.497 e. The average Bonchev–Trinajstić information content (AvgIpc) is 3.60. The van der Waals surface area contributed by atoms with Crippen LogP contribution in [0.2, 0.25) is 0 Å². The van der Waals surface area contributed by atoms with Crippen molar-refractivity contribution in [1.82, 2.24) is 23.5 Å². The molecule has 5 aromatic rings. The van der Waals surface area contributed by atoms with Gasteiger partial charge < -0.3 is 29.4 Å². The maximum Gasteiger partial charge on any atom is 0.287 e. The normalized spacial score (nSPS) is 21.7. The molecule has 11 heteroatoms. The van der Waals surface area contributed by atoms with E-state index < -0.39 is 31.1 Å². The molecule has 6 rings (SSSR count). The zero-order valence-corrected chi connectivity index (χ0v) is 19.9. The van der Waals surface area contributed by atoms with E-state index in [1.54, 1.807) is 13.3 Å². The molecular formula is C26H25N5O6. The molecule has 1 fully saturated rings. The van der Waals surface area contributed by atoms with Gasteiger partial charge in [0.15, 0.2) is 17.4 Å². The molecule has 0 aliphatic carbocycles. The Bertz CT molecular complexity index is 1630. The van der Waals surface area contributed by atoms with Gasteiger partial charge in [-0.15, -0.1) is 0 Å². The fraction of sp³-hybridized carbons (Fsp3) is 0.269. The van der Waals surface area contributed by atoms with Crippen molar-refractivity contribution < 1.29 is 24.8 Å². The zero-order valence-electron chi connectivity index (χ0n) is 19.9. The van der Waals surface area contributed by atoms with E-state index in [0.717, 1.165) is 16.8 Å². The van der Waals surface area contributed by atoms with Gasteiger partial charge in [0.2, 0.25) is 5.78 Å². The summed E-state index contributed by atoms with van der Waals surface area (Å²) in [5.41, 5.74) is 2.56. The minimum Gasteiger partial charge on any atom is -0.497 e. The minimum absolute atomic E-state index is 0.0911. The Balaban J connectivity index is 1.56. The number of ether oxygens (including phenoxy) is 2. The molecule has 0 amide bonds. The minimum atomic E-state index is -1.33. The van der Waals surface area contributed by atoms with Crippen LogP contribution in [0.4, 0.5) is 0 Å². The van der Waals surface area contributed by atoms with Crippen molar-refractivity contribution in [3.63, 3.8) is 0 Å². The Hall–Kier alpha value is -4.03. The summed E-state index contributed by atoms with van der Waals surface area (Å²) < 4.78 is 15.8. The molecule has 0 bridgehead atoms. The first kappa shape index (κ1) is 23.4. The molecular weight excluding hydrogens is 478 g/mol. The van der Waals surface area contributed by atoms with Gasteiger partial charge in [-0.05, 0) is 29.8 Å². The van der Waals surface area contributed by atoms with Gasteiger partial charge in [0, 0.05) is 11.8 Å². The van der Waals surface area contributed by atoms with E-state index in [1.165, 1.54) is 15.3 Å². The van der Waals surface area contributed by atoms with Crippen LogP contribution < -0.4 is 10.3 Å². The smallest absolute Gasteiger partial charge is 0.287 e. The Labute approximate surface area is 210 Å². The van der Waals surface area contributed by atoms with E-state index in [-0.39, 0.29) is 16.7 Å². The van der Waals surface area contributed by atoms with Crippen LogP contribution in [0.25, 0.3) is 28.2 Å². The van der Waals surface area contributed by atoms with Crippen LogP contribution in [0.1, 0.15) is 11.8 Å². The van der Waals surface area contributed by atoms with Gasteiger partial charge in [-0.2, -0.15) is 4.98 Å². The van der Waals surface area contributed by atoms with E-state index in [4.69, 9.17) is 14.5 Å². The second-order valence-electron chi connectivity index (χ2n) is 8.95. The van der Waals surface area contributed by atoms with Crippen LogP contribution in [0.15, 0.2) is 71.9 Å². The first-order valence-electron chi connectivity index (χ1n) is 11.8. The predicted molar refractivity (Wildman–Crippen MR) is 133 cm³/mol. The topological polar surface area (TPSA) is 136 Å². The van der Waals surface area contributed by atoms with E-state index in [2.05, 4.69) is 4.98 Å². The molecule has 0 spiro atoms. The molecule has 2 aromatic carbocycles. The lowest BCUT2D eigenvalue weighted by molar-refractivity contribution is -0.0511. The van der Waals surface area contributed by atoms with E-state index >= 15 is 0 Å². The second kappa shape index (κ2) is 9.12. The number of imidazole rings is 2. The van der Waals surface area contributed by atoms with Crippen molar-refractivity contribution in [2.45, 2.75) is 31.1 Å². The first-order valence-corrected chi connectivity index (χ1v) is 11.8. The molecule has 4 heterocycles. The number of rotatable bonds is 6. The monoisotopic (exact) mass is 503 g/mol. The van der Waals surface area contributed by atoms with Gasteiger partial charge in [0.05, 0.1) is 32.3 Å². The summed E-state index contributed by atoms with van der Waals surface area (Å²) >= 11 is 0. The molecule has 3 aromatic heterocycles. The number of aromatic nitrogens is 5. The van der Waals surface area contributed by atoms with Crippen LogP contribution in [-0.4, -0.2) is 70.9 Å². The Morgan fingerprint density at radius 2 is 1.81 bits per heavy atom. The Morgan fingerprint density at radius 1 is 1.05 bits per heavy atom. The summed E-state index contributed by atoms with van der Waals surface area (Å²) in [5.74, 6) is 1.09. The molecule has 3 N–H and O–H groups in total. The number of hydrogen-bond donors (Lipinski definition) is 3. The number of fused-ring (bicyclic) bond motifs is 2. The van der Waals surface area contributed by atoms with E-state index in [9.17, 15) is 20.1 Å². The van der Waals surface area contributed by atoms with Gasteiger partial charge >= 0.3 is 0 Å². The molecule has 0 unspecified atom stereocenters. The highest BCUT2D eigenvalue weighted by molar-refractivity contribution is 5.74. The maximum atomic E-state index is 13.6. The predicted octanol–water partition coefficient (Wildman–Crippen LogP) is 1.18. The third-order valence-electron chi connectivity index (χ3n) is 6.75. The molecule has 1 aliphatic rings. The van der Waals surface area contributed by atoms with Crippen LogP contribution in [0, 0.1) is 0 Å². The quantitative estimate of drug-likeness (QED) is 0.314. The van der Waals surface area contributed by atoms with Crippen molar-refractivity contribution >= 4 is 16.9 Å². The molecule has 11 nitrogen and oxygen atoms in total. The molecule has 190 valence electrons. The number of nitrogens with zero attached hydrogens (tertiary/aromatic N) is 5. The lowest BCUT2D eigenvalue weighted by Gasteiger charge is -2.16. The molecule has 1 aliphatic heterocycles. The first-order chi connectivity index (χ1) is 18.0. The summed E-state index contributed by atoms with van der Waals surface area (Å²) in [6.07, 6.45) is -1.57. The molecule has 37 heavy (non-hydrogen) atoms. The Kier molecular flexibility index (Phi) is 5.76. The number of aliphatic hydroxyl groups is 3. The van der Waals surface area contributed by atoms with Crippen LogP contribution in [-0.2, 0) is 11.3 Å². The highest BCUT2D eigenvalue weighted by atomic mass is 16.6. The van der Waals surface area contributed by atoms with E-state index in [0.29, 0.717) is 18.1 Å². The summed E-state index contributed by atoms with van der Waals surface area (Å²) in [6.45, 7) is -0.0223. The highest BCUT2D eigenvalue weighted by Gasteiger charge is 2.44.